The second-order valence-electron chi connectivity index (χ2n) is 3.14. The highest BCUT2D eigenvalue weighted by atomic mass is 16.5. The third kappa shape index (κ3) is 2.01. The van der Waals surface area contributed by atoms with E-state index in [0.717, 1.165) is 5.56 Å². The number of aromatic hydroxyl groups is 2. The maximum absolute atomic E-state index is 10.7. The summed E-state index contributed by atoms with van der Waals surface area (Å²) >= 11 is 0. The number of benzene rings is 1. The average molecular weight is 207 g/mol. The molecule has 0 aliphatic heterocycles. The molecule has 3 N–H and O–H groups in total. The van der Waals surface area contributed by atoms with Crippen LogP contribution in [0.1, 0.15) is 11.3 Å². The second-order valence-corrected chi connectivity index (χ2v) is 3.14. The van der Waals surface area contributed by atoms with Gasteiger partial charge in [0.1, 0.15) is 11.4 Å². The van der Waals surface area contributed by atoms with Gasteiger partial charge >= 0.3 is 11.7 Å². The van der Waals surface area contributed by atoms with E-state index < -0.39 is 11.7 Å². The monoisotopic (exact) mass is 207 g/mol. The van der Waals surface area contributed by atoms with Gasteiger partial charge in [0.05, 0.1) is 0 Å². The van der Waals surface area contributed by atoms with E-state index in [1.54, 1.807) is 12.1 Å². The van der Waals surface area contributed by atoms with Crippen LogP contribution in [0.4, 0.5) is 0 Å². The van der Waals surface area contributed by atoms with Gasteiger partial charge in [-0.1, -0.05) is 12.1 Å². The van der Waals surface area contributed by atoms with E-state index in [1.165, 1.54) is 12.1 Å². The van der Waals surface area contributed by atoms with Crippen LogP contribution in [0.5, 0.6) is 11.7 Å². The van der Waals surface area contributed by atoms with Crippen molar-refractivity contribution in [3.05, 3.63) is 46.1 Å². The zero-order chi connectivity index (χ0) is 10.8. The lowest BCUT2D eigenvalue weighted by molar-refractivity contribution is 0.316. The Balaban J connectivity index is 2.25. The summed E-state index contributed by atoms with van der Waals surface area (Å²) in [7, 11) is 0. The van der Waals surface area contributed by atoms with Crippen molar-refractivity contribution in [2.24, 2.45) is 0 Å². The Morgan fingerprint density at radius 3 is 2.40 bits per heavy atom. The molecule has 0 aliphatic carbocycles. The lowest BCUT2D eigenvalue weighted by Gasteiger charge is -1.98. The highest BCUT2D eigenvalue weighted by Crippen LogP contribution is 2.17. The number of H-pyrrole nitrogens is 1. The molecule has 1 aromatic heterocycles. The molecule has 78 valence electrons. The van der Waals surface area contributed by atoms with Crippen molar-refractivity contribution in [3.8, 4) is 11.7 Å². The van der Waals surface area contributed by atoms with Gasteiger partial charge in [-0.3, -0.25) is 4.98 Å². The molecule has 0 bridgehead atoms. The van der Waals surface area contributed by atoms with Crippen molar-refractivity contribution in [2.75, 3.05) is 0 Å². The van der Waals surface area contributed by atoms with E-state index in [2.05, 4.69) is 9.40 Å². The molecule has 2 aromatic rings. The molecule has 2 rings (SSSR count). The molecular weight excluding hydrogens is 198 g/mol. The molecule has 0 unspecified atom stereocenters. The predicted octanol–water partition coefficient (Wildman–Crippen LogP) is 0.970. The number of aromatic amines is 1. The van der Waals surface area contributed by atoms with Gasteiger partial charge in [0.25, 0.3) is 0 Å². The fraction of sp³-hybridized carbons (Fsp3) is 0.100. The van der Waals surface area contributed by atoms with E-state index >= 15 is 0 Å². The highest BCUT2D eigenvalue weighted by Gasteiger charge is 2.08. The van der Waals surface area contributed by atoms with Crippen molar-refractivity contribution in [2.45, 2.75) is 6.42 Å². The summed E-state index contributed by atoms with van der Waals surface area (Å²) in [6.07, 6.45) is 0.345. The SMILES string of the molecule is O=c1[nH]c(Cc2ccc(O)cc2)c(O)o1. The van der Waals surface area contributed by atoms with Crippen LogP contribution >= 0.6 is 0 Å². The van der Waals surface area contributed by atoms with E-state index in [0.29, 0.717) is 12.1 Å². The van der Waals surface area contributed by atoms with Crippen molar-refractivity contribution >= 4 is 0 Å². The quantitative estimate of drug-likeness (QED) is 0.684. The summed E-state index contributed by atoms with van der Waals surface area (Å²) < 4.78 is 4.41. The molecule has 15 heavy (non-hydrogen) atoms. The van der Waals surface area contributed by atoms with Gasteiger partial charge in [-0.25, -0.2) is 4.79 Å². The van der Waals surface area contributed by atoms with Crippen LogP contribution in [0.2, 0.25) is 0 Å². The molecule has 5 nitrogen and oxygen atoms in total. The Labute approximate surface area is 84.6 Å². The normalized spacial score (nSPS) is 10.4. The van der Waals surface area contributed by atoms with Gasteiger partial charge in [0, 0.05) is 6.42 Å². The van der Waals surface area contributed by atoms with E-state index in [9.17, 15) is 9.90 Å². The van der Waals surface area contributed by atoms with Crippen molar-refractivity contribution in [1.82, 2.24) is 4.98 Å². The van der Waals surface area contributed by atoms with Gasteiger partial charge in [0.2, 0.25) is 0 Å². The maximum Gasteiger partial charge on any atom is 0.419 e. The number of phenols is 1. The molecule has 0 saturated heterocycles. The minimum absolute atomic E-state index is 0.170. The Kier molecular flexibility index (Phi) is 2.21. The largest absolute Gasteiger partial charge is 0.508 e. The first-order chi connectivity index (χ1) is 7.15. The van der Waals surface area contributed by atoms with Crippen LogP contribution in [-0.4, -0.2) is 15.2 Å². The molecular formula is C10H9NO4. The molecule has 0 amide bonds. The summed E-state index contributed by atoms with van der Waals surface area (Å²) in [6, 6.07) is 6.45. The van der Waals surface area contributed by atoms with Gasteiger partial charge in [-0.2, -0.15) is 0 Å². The summed E-state index contributed by atoms with van der Waals surface area (Å²) in [4.78, 5) is 13.1. The predicted molar refractivity (Wildman–Crippen MR) is 51.9 cm³/mol. The highest BCUT2D eigenvalue weighted by molar-refractivity contribution is 5.30. The molecule has 1 aromatic carbocycles. The smallest absolute Gasteiger partial charge is 0.419 e. The van der Waals surface area contributed by atoms with Crippen LogP contribution in [0, 0.1) is 0 Å². The summed E-state index contributed by atoms with van der Waals surface area (Å²) in [6.45, 7) is 0. The third-order valence-corrected chi connectivity index (χ3v) is 2.02. The standard InChI is InChI=1S/C10H9NO4/c12-7-3-1-6(2-4-7)5-8-9(13)15-10(14)11-8/h1-4,12-13H,5H2,(H,11,14). The molecule has 0 radical (unpaired) electrons. The number of hydrogen-bond donors (Lipinski definition) is 3. The van der Waals surface area contributed by atoms with E-state index in [4.69, 9.17) is 5.11 Å². The summed E-state index contributed by atoms with van der Waals surface area (Å²) in [5.41, 5.74) is 1.17. The van der Waals surface area contributed by atoms with Crippen molar-refractivity contribution < 1.29 is 14.6 Å². The van der Waals surface area contributed by atoms with Crippen LogP contribution in [0.15, 0.2) is 33.5 Å². The first-order valence-electron chi connectivity index (χ1n) is 4.34. The van der Waals surface area contributed by atoms with Crippen LogP contribution in [0.3, 0.4) is 0 Å². The Morgan fingerprint density at radius 2 is 1.87 bits per heavy atom. The fourth-order valence-corrected chi connectivity index (χ4v) is 1.29. The number of hydrogen-bond acceptors (Lipinski definition) is 4. The number of phenolic OH excluding ortho intramolecular Hbond substituents is 1. The van der Waals surface area contributed by atoms with Crippen LogP contribution < -0.4 is 5.76 Å². The molecule has 0 saturated carbocycles. The first kappa shape index (κ1) is 9.39. The van der Waals surface area contributed by atoms with Gasteiger partial charge < -0.3 is 14.6 Å². The lowest BCUT2D eigenvalue weighted by Crippen LogP contribution is -1.97. The minimum atomic E-state index is -0.679. The number of oxazole rings is 1. The summed E-state index contributed by atoms with van der Waals surface area (Å²) in [5, 5.41) is 18.3. The van der Waals surface area contributed by atoms with Crippen LogP contribution in [-0.2, 0) is 6.42 Å². The van der Waals surface area contributed by atoms with Crippen LogP contribution in [0.25, 0.3) is 0 Å². The van der Waals surface area contributed by atoms with Gasteiger partial charge in [0.15, 0.2) is 0 Å². The third-order valence-electron chi connectivity index (χ3n) is 2.02. The van der Waals surface area contributed by atoms with Gasteiger partial charge in [-0.05, 0) is 17.7 Å². The molecule has 0 atom stereocenters. The number of nitrogens with one attached hydrogen (secondary N) is 1. The molecule has 1 heterocycles. The fourth-order valence-electron chi connectivity index (χ4n) is 1.29. The molecule has 0 fully saturated rings. The minimum Gasteiger partial charge on any atom is -0.508 e. The summed E-state index contributed by atoms with van der Waals surface area (Å²) in [5.74, 6) is -0.905. The number of aromatic nitrogens is 1. The van der Waals surface area contributed by atoms with E-state index in [1.807, 2.05) is 0 Å². The lowest BCUT2D eigenvalue weighted by atomic mass is 10.1. The first-order valence-corrected chi connectivity index (χ1v) is 4.34. The molecule has 0 spiro atoms. The zero-order valence-electron chi connectivity index (χ0n) is 7.73. The Bertz CT molecular complexity index is 509. The topological polar surface area (TPSA) is 86.5 Å². The molecule has 5 heteroatoms. The maximum atomic E-state index is 10.7. The zero-order valence-corrected chi connectivity index (χ0v) is 7.73. The Morgan fingerprint density at radius 1 is 1.20 bits per heavy atom. The van der Waals surface area contributed by atoms with Crippen molar-refractivity contribution in [1.29, 1.82) is 0 Å². The average Bonchev–Trinajstić information content (AvgIpc) is 2.49. The van der Waals surface area contributed by atoms with E-state index in [-0.39, 0.29) is 5.75 Å². The van der Waals surface area contributed by atoms with Crippen molar-refractivity contribution in [3.63, 3.8) is 0 Å². The molecule has 0 aliphatic rings. The van der Waals surface area contributed by atoms with Gasteiger partial charge in [-0.15, -0.1) is 0 Å². The number of rotatable bonds is 2. The Hall–Kier alpha value is -2.17. The second kappa shape index (κ2) is 3.53.